The molecule has 0 unspecified atom stereocenters. The molecule has 1 aromatic rings. The Kier molecular flexibility index (Phi) is 4.12. The van der Waals surface area contributed by atoms with Gasteiger partial charge in [-0.15, -0.1) is 0 Å². The summed E-state index contributed by atoms with van der Waals surface area (Å²) in [6, 6.07) is 3.84. The van der Waals surface area contributed by atoms with Crippen molar-refractivity contribution in [2.45, 2.75) is 13.0 Å². The highest BCUT2D eigenvalue weighted by Gasteiger charge is 2.24. The highest BCUT2D eigenvalue weighted by molar-refractivity contribution is 5.93. The number of hydrogen-bond donors (Lipinski definition) is 1. The Labute approximate surface area is 96.0 Å². The van der Waals surface area contributed by atoms with E-state index in [-0.39, 0.29) is 11.1 Å². The van der Waals surface area contributed by atoms with Crippen LogP contribution in [0.2, 0.25) is 0 Å². The average Bonchev–Trinajstić information content (AvgIpc) is 2.35. The van der Waals surface area contributed by atoms with Gasteiger partial charge in [0.1, 0.15) is 0 Å². The zero-order valence-corrected chi connectivity index (χ0v) is 8.91. The number of ether oxygens (including phenoxy) is 1. The van der Waals surface area contributed by atoms with Crippen LogP contribution in [0.4, 0.5) is 8.78 Å². The van der Waals surface area contributed by atoms with Gasteiger partial charge in [-0.05, 0) is 6.07 Å². The lowest BCUT2D eigenvalue weighted by molar-refractivity contribution is 0.0585. The van der Waals surface area contributed by atoms with Gasteiger partial charge in [-0.25, -0.2) is 13.6 Å². The topological polar surface area (TPSA) is 70.3 Å². The number of benzene rings is 1. The second-order valence-electron chi connectivity index (χ2n) is 3.12. The molecule has 1 rings (SSSR count). The summed E-state index contributed by atoms with van der Waals surface area (Å²) in [6.45, 7) is -0.687. The van der Waals surface area contributed by atoms with Crippen molar-refractivity contribution in [3.05, 3.63) is 34.4 Å². The average molecular weight is 241 g/mol. The molecule has 0 aliphatic rings. The summed E-state index contributed by atoms with van der Waals surface area (Å²) in [5, 5.41) is 17.8. The number of alkyl halides is 2. The molecule has 0 radical (unpaired) electrons. The predicted octanol–water partition coefficient (Wildman–Crippen LogP) is 1.77. The van der Waals surface area contributed by atoms with Crippen molar-refractivity contribution in [1.82, 2.24) is 0 Å². The number of carbonyl (C=O) groups is 1. The van der Waals surface area contributed by atoms with Crippen molar-refractivity contribution in [3.8, 4) is 6.07 Å². The molecule has 0 amide bonds. The number of halogens is 2. The highest BCUT2D eigenvalue weighted by atomic mass is 19.3. The maximum Gasteiger partial charge on any atom is 0.338 e. The Morgan fingerprint density at radius 2 is 2.24 bits per heavy atom. The van der Waals surface area contributed by atoms with E-state index in [4.69, 9.17) is 10.4 Å². The van der Waals surface area contributed by atoms with Crippen LogP contribution in [0.15, 0.2) is 12.1 Å². The molecule has 0 heterocycles. The van der Waals surface area contributed by atoms with E-state index >= 15 is 0 Å². The van der Waals surface area contributed by atoms with E-state index in [0.29, 0.717) is 0 Å². The first kappa shape index (κ1) is 13.1. The minimum absolute atomic E-state index is 0.0303. The number of aliphatic hydroxyl groups is 1. The minimum atomic E-state index is -2.89. The zero-order valence-electron chi connectivity index (χ0n) is 8.91. The summed E-state index contributed by atoms with van der Waals surface area (Å²) in [5.74, 6) is -0.999. The van der Waals surface area contributed by atoms with Gasteiger partial charge in [0, 0.05) is 11.1 Å². The van der Waals surface area contributed by atoms with Crippen LogP contribution in [0.5, 0.6) is 0 Å². The molecule has 0 atom stereocenters. The Hall–Kier alpha value is -2.00. The molecule has 0 aliphatic carbocycles. The monoisotopic (exact) mass is 241 g/mol. The normalized spacial score (nSPS) is 10.1. The number of nitriles is 1. The first-order valence-corrected chi connectivity index (χ1v) is 4.60. The maximum absolute atomic E-state index is 12.7. The minimum Gasteiger partial charge on any atom is -0.465 e. The van der Waals surface area contributed by atoms with Gasteiger partial charge in [-0.1, -0.05) is 6.07 Å². The Balaban J connectivity index is 3.57. The summed E-state index contributed by atoms with van der Waals surface area (Å²) in [5.41, 5.74) is -1.17. The number of esters is 1. The van der Waals surface area contributed by atoms with Crippen molar-refractivity contribution in [2.24, 2.45) is 0 Å². The molecule has 4 nitrogen and oxygen atoms in total. The van der Waals surface area contributed by atoms with Gasteiger partial charge in [0.15, 0.2) is 0 Å². The zero-order chi connectivity index (χ0) is 13.0. The highest BCUT2D eigenvalue weighted by Crippen LogP contribution is 2.28. The molecule has 0 bridgehead atoms. The van der Waals surface area contributed by atoms with Crippen LogP contribution in [0, 0.1) is 11.3 Å². The van der Waals surface area contributed by atoms with E-state index in [1.165, 1.54) is 0 Å². The van der Waals surface area contributed by atoms with E-state index < -0.39 is 30.1 Å². The number of nitrogens with zero attached hydrogens (tertiary/aromatic N) is 1. The van der Waals surface area contributed by atoms with Crippen LogP contribution in [-0.2, 0) is 11.3 Å². The third kappa shape index (κ3) is 2.40. The van der Waals surface area contributed by atoms with Crippen LogP contribution in [-0.4, -0.2) is 18.2 Å². The van der Waals surface area contributed by atoms with E-state index in [2.05, 4.69) is 4.74 Å². The van der Waals surface area contributed by atoms with Crippen molar-refractivity contribution < 1.29 is 23.4 Å². The fourth-order valence-electron chi connectivity index (χ4n) is 1.46. The first-order valence-electron chi connectivity index (χ1n) is 4.60. The number of methoxy groups -OCH3 is 1. The number of carbonyl (C=O) groups excluding carboxylic acids is 1. The smallest absolute Gasteiger partial charge is 0.338 e. The third-order valence-corrected chi connectivity index (χ3v) is 2.25. The van der Waals surface area contributed by atoms with Gasteiger partial charge in [-0.2, -0.15) is 5.26 Å². The molecule has 0 saturated carbocycles. The van der Waals surface area contributed by atoms with Crippen molar-refractivity contribution >= 4 is 5.97 Å². The molecule has 17 heavy (non-hydrogen) atoms. The summed E-state index contributed by atoms with van der Waals surface area (Å²) in [7, 11) is 1.04. The molecule has 0 spiro atoms. The van der Waals surface area contributed by atoms with Gasteiger partial charge in [0.25, 0.3) is 6.43 Å². The van der Waals surface area contributed by atoms with Gasteiger partial charge in [0.05, 0.1) is 30.9 Å². The number of aliphatic hydroxyl groups excluding tert-OH is 1. The van der Waals surface area contributed by atoms with E-state index in [0.717, 1.165) is 19.2 Å². The molecular formula is C11H9F2NO3. The van der Waals surface area contributed by atoms with Crippen molar-refractivity contribution in [1.29, 1.82) is 5.26 Å². The van der Waals surface area contributed by atoms with Crippen LogP contribution in [0.25, 0.3) is 0 Å². The van der Waals surface area contributed by atoms with Crippen LogP contribution < -0.4 is 0 Å². The Bertz CT molecular complexity index is 480. The fourth-order valence-corrected chi connectivity index (χ4v) is 1.46. The lowest BCUT2D eigenvalue weighted by Crippen LogP contribution is -2.12. The molecule has 0 fully saturated rings. The summed E-state index contributed by atoms with van der Waals surface area (Å²) in [6.07, 6.45) is -2.89. The fraction of sp³-hybridized carbons (Fsp3) is 0.273. The summed E-state index contributed by atoms with van der Waals surface area (Å²) >= 11 is 0. The van der Waals surface area contributed by atoms with Crippen molar-refractivity contribution in [2.75, 3.05) is 7.11 Å². The second-order valence-corrected chi connectivity index (χ2v) is 3.12. The van der Waals surface area contributed by atoms with Crippen molar-refractivity contribution in [3.63, 3.8) is 0 Å². The van der Waals surface area contributed by atoms with E-state index in [9.17, 15) is 13.6 Å². The summed E-state index contributed by atoms with van der Waals surface area (Å²) in [4.78, 5) is 11.4. The second kappa shape index (κ2) is 5.37. The molecular weight excluding hydrogens is 232 g/mol. The largest absolute Gasteiger partial charge is 0.465 e. The standard InChI is InChI=1S/C11H9F2NO3/c1-17-11(16)9-7(10(12)13)3-2-6(4-14)8(9)5-15/h2-3,10,15H,5H2,1H3. The molecule has 1 N–H and O–H groups in total. The molecule has 0 aromatic heterocycles. The van der Waals surface area contributed by atoms with Gasteiger partial charge >= 0.3 is 5.97 Å². The van der Waals surface area contributed by atoms with E-state index in [1.54, 1.807) is 6.07 Å². The predicted molar refractivity (Wildman–Crippen MR) is 53.4 cm³/mol. The molecule has 0 aliphatic heterocycles. The van der Waals surface area contributed by atoms with Crippen LogP contribution in [0.3, 0.4) is 0 Å². The SMILES string of the molecule is COC(=O)c1c(C(F)F)ccc(C#N)c1CO. The van der Waals surface area contributed by atoms with Crippen LogP contribution in [0.1, 0.15) is 33.5 Å². The first-order chi connectivity index (χ1) is 8.06. The third-order valence-electron chi connectivity index (χ3n) is 2.25. The number of rotatable bonds is 3. The van der Waals surface area contributed by atoms with E-state index in [1.807, 2.05) is 0 Å². The van der Waals surface area contributed by atoms with Gasteiger partial charge in [0.2, 0.25) is 0 Å². The lowest BCUT2D eigenvalue weighted by Gasteiger charge is -2.12. The molecule has 0 saturated heterocycles. The molecule has 1 aromatic carbocycles. The molecule has 6 heteroatoms. The van der Waals surface area contributed by atoms with Gasteiger partial charge in [-0.3, -0.25) is 0 Å². The molecule has 90 valence electrons. The van der Waals surface area contributed by atoms with Gasteiger partial charge < -0.3 is 9.84 Å². The number of hydrogen-bond acceptors (Lipinski definition) is 4. The quantitative estimate of drug-likeness (QED) is 0.819. The summed E-state index contributed by atoms with van der Waals surface area (Å²) < 4.78 is 29.8. The van der Waals surface area contributed by atoms with Crippen LogP contribution >= 0.6 is 0 Å². The maximum atomic E-state index is 12.7. The lowest BCUT2D eigenvalue weighted by atomic mass is 9.97. The Morgan fingerprint density at radius 1 is 1.59 bits per heavy atom. The Morgan fingerprint density at radius 3 is 2.65 bits per heavy atom.